The summed E-state index contributed by atoms with van der Waals surface area (Å²) in [5, 5.41) is 6.03. The molecule has 1 amide bonds. The summed E-state index contributed by atoms with van der Waals surface area (Å²) < 4.78 is 28.2. The van der Waals surface area contributed by atoms with Gasteiger partial charge in [-0.2, -0.15) is 0 Å². The molecule has 0 bridgehead atoms. The minimum Gasteiger partial charge on any atom is -0.497 e. The lowest BCUT2D eigenvalue weighted by Crippen LogP contribution is -2.35. The predicted molar refractivity (Wildman–Crippen MR) is 97.2 cm³/mol. The normalized spacial score (nSPS) is 18.5. The lowest BCUT2D eigenvalue weighted by atomic mass is 10.1. The van der Waals surface area contributed by atoms with Crippen LogP contribution >= 0.6 is 0 Å². The maximum Gasteiger partial charge on any atom is 0.253 e. The lowest BCUT2D eigenvalue weighted by molar-refractivity contribution is 0.0942. The van der Waals surface area contributed by atoms with Gasteiger partial charge in [0.05, 0.1) is 29.9 Å². The van der Waals surface area contributed by atoms with E-state index in [4.69, 9.17) is 4.74 Å². The average molecular weight is 360 g/mol. The quantitative estimate of drug-likeness (QED) is 0.855. The van der Waals surface area contributed by atoms with Crippen molar-refractivity contribution in [3.05, 3.63) is 54.1 Å². The zero-order valence-corrected chi connectivity index (χ0v) is 14.7. The van der Waals surface area contributed by atoms with Crippen LogP contribution < -0.4 is 15.4 Å². The van der Waals surface area contributed by atoms with Crippen molar-refractivity contribution in [3.8, 4) is 5.75 Å². The topological polar surface area (TPSA) is 84.5 Å². The molecule has 2 N–H and O–H groups in total. The molecule has 3 rings (SSSR count). The highest BCUT2D eigenvalue weighted by Crippen LogP contribution is 2.23. The molecule has 0 aromatic heterocycles. The number of para-hydroxylation sites is 1. The Hall–Kier alpha value is -2.54. The number of ether oxygens (including phenoxy) is 1. The molecule has 0 aliphatic carbocycles. The zero-order chi connectivity index (χ0) is 17.9. The summed E-state index contributed by atoms with van der Waals surface area (Å²) >= 11 is 0. The summed E-state index contributed by atoms with van der Waals surface area (Å²) in [6, 6.07) is 14.2. The number of sulfone groups is 1. The maximum absolute atomic E-state index is 12.6. The van der Waals surface area contributed by atoms with Gasteiger partial charge >= 0.3 is 0 Å². The molecule has 0 radical (unpaired) electrons. The number of carbonyl (C=O) groups is 1. The third-order valence-electron chi connectivity index (χ3n) is 4.11. The highest BCUT2D eigenvalue weighted by atomic mass is 32.2. The van der Waals surface area contributed by atoms with Gasteiger partial charge in [0.25, 0.3) is 5.91 Å². The lowest BCUT2D eigenvalue weighted by Gasteiger charge is -2.15. The molecule has 0 spiro atoms. The maximum atomic E-state index is 12.6. The molecule has 1 unspecified atom stereocenters. The molecule has 0 saturated carbocycles. The van der Waals surface area contributed by atoms with Crippen LogP contribution in [0.2, 0.25) is 0 Å². The zero-order valence-electron chi connectivity index (χ0n) is 13.9. The van der Waals surface area contributed by atoms with E-state index < -0.39 is 9.84 Å². The van der Waals surface area contributed by atoms with E-state index in [1.54, 1.807) is 19.2 Å². The van der Waals surface area contributed by atoms with Gasteiger partial charge in [0.15, 0.2) is 9.84 Å². The van der Waals surface area contributed by atoms with Gasteiger partial charge in [-0.25, -0.2) is 8.42 Å². The fourth-order valence-corrected chi connectivity index (χ4v) is 4.47. The molecule has 1 heterocycles. The molecular weight excluding hydrogens is 340 g/mol. The van der Waals surface area contributed by atoms with Gasteiger partial charge in [-0.3, -0.25) is 4.79 Å². The van der Waals surface area contributed by atoms with Gasteiger partial charge in [0.1, 0.15) is 5.75 Å². The van der Waals surface area contributed by atoms with Crippen molar-refractivity contribution in [2.45, 2.75) is 12.5 Å². The molecule has 7 heteroatoms. The molecule has 132 valence electrons. The van der Waals surface area contributed by atoms with Crippen molar-refractivity contribution < 1.29 is 17.9 Å². The summed E-state index contributed by atoms with van der Waals surface area (Å²) in [6.07, 6.45) is 0.460. The number of nitrogens with one attached hydrogen (secondary N) is 2. The van der Waals surface area contributed by atoms with E-state index >= 15 is 0 Å². The number of hydrogen-bond donors (Lipinski definition) is 2. The fourth-order valence-electron chi connectivity index (χ4n) is 2.79. The second-order valence-corrected chi connectivity index (χ2v) is 8.20. The van der Waals surface area contributed by atoms with Crippen molar-refractivity contribution in [1.82, 2.24) is 5.32 Å². The first-order chi connectivity index (χ1) is 12.0. The van der Waals surface area contributed by atoms with Crippen LogP contribution in [0.1, 0.15) is 16.8 Å². The summed E-state index contributed by atoms with van der Waals surface area (Å²) in [5.74, 6) is 0.606. The molecule has 1 aliphatic rings. The van der Waals surface area contributed by atoms with E-state index in [0.717, 1.165) is 11.4 Å². The average Bonchev–Trinajstić information content (AvgIpc) is 2.94. The highest BCUT2D eigenvalue weighted by Gasteiger charge is 2.29. The van der Waals surface area contributed by atoms with Gasteiger partial charge in [0.2, 0.25) is 0 Å². The van der Waals surface area contributed by atoms with E-state index in [1.165, 1.54) is 0 Å². The van der Waals surface area contributed by atoms with Crippen LogP contribution in [0.5, 0.6) is 5.75 Å². The van der Waals surface area contributed by atoms with E-state index in [2.05, 4.69) is 10.6 Å². The number of hydrogen-bond acceptors (Lipinski definition) is 5. The molecular formula is C18H20N2O4S. The highest BCUT2D eigenvalue weighted by molar-refractivity contribution is 7.91. The summed E-state index contributed by atoms with van der Waals surface area (Å²) in [4.78, 5) is 12.6. The number of amides is 1. The fraction of sp³-hybridized carbons (Fsp3) is 0.278. The van der Waals surface area contributed by atoms with Crippen LogP contribution in [0.3, 0.4) is 0 Å². The van der Waals surface area contributed by atoms with E-state index in [-0.39, 0.29) is 23.5 Å². The Morgan fingerprint density at radius 2 is 1.84 bits per heavy atom. The van der Waals surface area contributed by atoms with Crippen LogP contribution in [0.15, 0.2) is 48.5 Å². The molecule has 1 fully saturated rings. The standard InChI is InChI=1S/C18H20N2O4S/c1-24-15-8-6-13(7-9-15)19-17-5-3-2-4-16(17)18(21)20-14-10-11-25(22,23)12-14/h2-9,14,19H,10-12H2,1H3,(H,20,21). The first-order valence-electron chi connectivity index (χ1n) is 7.98. The second kappa shape index (κ2) is 7.14. The molecule has 2 aromatic carbocycles. The smallest absolute Gasteiger partial charge is 0.253 e. The van der Waals surface area contributed by atoms with Crippen LogP contribution in [-0.2, 0) is 9.84 Å². The summed E-state index contributed by atoms with van der Waals surface area (Å²) in [6.45, 7) is 0. The van der Waals surface area contributed by atoms with Gasteiger partial charge < -0.3 is 15.4 Å². The monoisotopic (exact) mass is 360 g/mol. The van der Waals surface area contributed by atoms with Gasteiger partial charge in [-0.05, 0) is 42.8 Å². The number of methoxy groups -OCH3 is 1. The molecule has 1 saturated heterocycles. The van der Waals surface area contributed by atoms with Crippen molar-refractivity contribution in [2.24, 2.45) is 0 Å². The Bertz CT molecular complexity index is 863. The number of anilines is 2. The molecule has 2 aromatic rings. The first-order valence-corrected chi connectivity index (χ1v) is 9.80. The number of rotatable bonds is 5. The molecule has 6 nitrogen and oxygen atoms in total. The van der Waals surface area contributed by atoms with Crippen LogP contribution in [-0.4, -0.2) is 39.0 Å². The molecule has 1 atom stereocenters. The minimum atomic E-state index is -3.03. The Balaban J connectivity index is 1.74. The number of benzene rings is 2. The summed E-state index contributed by atoms with van der Waals surface area (Å²) in [7, 11) is -1.43. The third-order valence-corrected chi connectivity index (χ3v) is 5.88. The Kier molecular flexibility index (Phi) is 4.94. The number of carbonyl (C=O) groups excluding carboxylic acids is 1. The van der Waals surface area contributed by atoms with Crippen molar-refractivity contribution in [1.29, 1.82) is 0 Å². The van der Waals surface area contributed by atoms with Crippen molar-refractivity contribution >= 4 is 27.1 Å². The predicted octanol–water partition coefficient (Wildman–Crippen LogP) is 2.36. The van der Waals surface area contributed by atoms with E-state index in [9.17, 15) is 13.2 Å². The van der Waals surface area contributed by atoms with Crippen LogP contribution in [0.25, 0.3) is 0 Å². The Morgan fingerprint density at radius 3 is 2.48 bits per heavy atom. The van der Waals surface area contributed by atoms with Crippen molar-refractivity contribution in [2.75, 3.05) is 23.9 Å². The second-order valence-electron chi connectivity index (χ2n) is 5.97. The Labute approximate surface area is 147 Å². The van der Waals surface area contributed by atoms with Crippen LogP contribution in [0.4, 0.5) is 11.4 Å². The molecule has 25 heavy (non-hydrogen) atoms. The van der Waals surface area contributed by atoms with Gasteiger partial charge in [0, 0.05) is 11.7 Å². The van der Waals surface area contributed by atoms with E-state index in [1.807, 2.05) is 36.4 Å². The molecule has 1 aliphatic heterocycles. The minimum absolute atomic E-state index is 0.00676. The largest absolute Gasteiger partial charge is 0.497 e. The van der Waals surface area contributed by atoms with Crippen molar-refractivity contribution in [3.63, 3.8) is 0 Å². The van der Waals surface area contributed by atoms with Gasteiger partial charge in [-0.15, -0.1) is 0 Å². The Morgan fingerprint density at radius 1 is 1.12 bits per heavy atom. The third kappa shape index (κ3) is 4.30. The SMILES string of the molecule is COc1ccc(Nc2ccccc2C(=O)NC2CCS(=O)(=O)C2)cc1. The van der Waals surface area contributed by atoms with Crippen LogP contribution in [0, 0.1) is 0 Å². The van der Waals surface area contributed by atoms with Gasteiger partial charge in [-0.1, -0.05) is 12.1 Å². The summed E-state index contributed by atoms with van der Waals surface area (Å²) in [5.41, 5.74) is 1.96. The first kappa shape index (κ1) is 17.3. The van der Waals surface area contributed by atoms with E-state index in [0.29, 0.717) is 17.7 Å².